The van der Waals surface area contributed by atoms with Crippen LogP contribution >= 0.6 is 0 Å². The topological polar surface area (TPSA) is 38.7 Å². The number of esters is 1. The van der Waals surface area contributed by atoms with Crippen molar-refractivity contribution >= 4 is 12.7 Å². The van der Waals surface area contributed by atoms with Gasteiger partial charge in [0.2, 0.25) is 0 Å². The largest absolute Gasteiger partial charge is 0.462 e. The van der Waals surface area contributed by atoms with Crippen LogP contribution in [0, 0.1) is 23.7 Å². The second kappa shape index (κ2) is 11.4. The Kier molecular flexibility index (Phi) is 8.86. The molecule has 3 aliphatic carbocycles. The first-order chi connectivity index (χ1) is 13.7. The van der Waals surface area contributed by atoms with E-state index in [1.807, 2.05) is 0 Å². The summed E-state index contributed by atoms with van der Waals surface area (Å²) in [5.74, 6) is 3.06. The number of hydrogen-bond acceptors (Lipinski definition) is 3. The maximum absolute atomic E-state index is 12.6. The lowest BCUT2D eigenvalue weighted by atomic mass is 9.68. The summed E-state index contributed by atoms with van der Waals surface area (Å²) in [7, 11) is 0. The Bertz CT molecular complexity index is 467. The smallest absolute Gasteiger partial charge is 0.309 e. The van der Waals surface area contributed by atoms with Crippen LogP contribution in [0.2, 0.25) is 0 Å². The molecular formula is C25H43NO2. The summed E-state index contributed by atoms with van der Waals surface area (Å²) < 4.78 is 5.86. The molecule has 28 heavy (non-hydrogen) atoms. The van der Waals surface area contributed by atoms with Gasteiger partial charge in [-0.15, -0.1) is 0 Å². The van der Waals surface area contributed by atoms with E-state index in [0.29, 0.717) is 6.04 Å². The maximum Gasteiger partial charge on any atom is 0.309 e. The summed E-state index contributed by atoms with van der Waals surface area (Å²) in [5.41, 5.74) is 0. The van der Waals surface area contributed by atoms with Crippen LogP contribution < -0.4 is 0 Å². The normalized spacial score (nSPS) is 36.6. The van der Waals surface area contributed by atoms with Gasteiger partial charge in [-0.2, -0.15) is 0 Å². The Labute approximate surface area is 173 Å². The predicted octanol–water partition coefficient (Wildman–Crippen LogP) is 6.73. The lowest BCUT2D eigenvalue weighted by Crippen LogP contribution is -2.32. The quantitative estimate of drug-likeness (QED) is 0.262. The summed E-state index contributed by atoms with van der Waals surface area (Å²) in [5, 5.41) is 0. The molecule has 0 unspecified atom stereocenters. The second-order valence-corrected chi connectivity index (χ2v) is 9.94. The van der Waals surface area contributed by atoms with E-state index in [-0.39, 0.29) is 18.0 Å². The van der Waals surface area contributed by atoms with Crippen LogP contribution in [0.5, 0.6) is 0 Å². The summed E-state index contributed by atoms with van der Waals surface area (Å²) in [6.45, 7) is 5.95. The molecule has 0 amide bonds. The molecule has 3 saturated carbocycles. The highest BCUT2D eigenvalue weighted by Crippen LogP contribution is 2.42. The fourth-order valence-corrected chi connectivity index (χ4v) is 6.06. The average molecular weight is 390 g/mol. The number of aliphatic imine (C=N–C) groups is 1. The number of nitrogens with zero attached hydrogens (tertiary/aromatic N) is 1. The molecule has 0 spiro atoms. The third kappa shape index (κ3) is 6.32. The minimum absolute atomic E-state index is 0.0908. The van der Waals surface area contributed by atoms with Gasteiger partial charge in [0.1, 0.15) is 6.10 Å². The first-order valence-electron chi connectivity index (χ1n) is 12.4. The molecule has 3 rings (SSSR count). The molecule has 3 nitrogen and oxygen atoms in total. The van der Waals surface area contributed by atoms with Crippen molar-refractivity contribution in [2.75, 3.05) is 0 Å². The van der Waals surface area contributed by atoms with Crippen molar-refractivity contribution in [3.8, 4) is 0 Å². The summed E-state index contributed by atoms with van der Waals surface area (Å²) in [6, 6.07) is 0.382. The Morgan fingerprint density at radius 1 is 0.857 bits per heavy atom. The van der Waals surface area contributed by atoms with Gasteiger partial charge in [-0.05, 0) is 88.7 Å². The van der Waals surface area contributed by atoms with Gasteiger partial charge in [0.25, 0.3) is 0 Å². The van der Waals surface area contributed by atoms with E-state index in [1.54, 1.807) is 0 Å². The zero-order valence-electron chi connectivity index (χ0n) is 18.2. The Morgan fingerprint density at radius 2 is 1.46 bits per heavy atom. The van der Waals surface area contributed by atoms with Gasteiger partial charge in [0, 0.05) is 6.04 Å². The minimum Gasteiger partial charge on any atom is -0.462 e. The number of rotatable bonds is 8. The van der Waals surface area contributed by atoms with Crippen molar-refractivity contribution in [3.05, 3.63) is 0 Å². The zero-order valence-corrected chi connectivity index (χ0v) is 18.2. The number of carbonyl (C=O) groups is 1. The molecule has 0 aromatic rings. The molecule has 0 saturated heterocycles. The van der Waals surface area contributed by atoms with Crippen LogP contribution in [0.1, 0.15) is 110 Å². The van der Waals surface area contributed by atoms with Crippen LogP contribution in [-0.2, 0) is 9.53 Å². The first-order valence-corrected chi connectivity index (χ1v) is 12.4. The van der Waals surface area contributed by atoms with Crippen LogP contribution in [-0.4, -0.2) is 24.8 Å². The van der Waals surface area contributed by atoms with Crippen molar-refractivity contribution in [2.24, 2.45) is 28.7 Å². The van der Waals surface area contributed by atoms with Gasteiger partial charge < -0.3 is 4.74 Å². The standard InChI is InChI=1S/C25H43NO2/c1-3-4-5-6-19-7-9-20(10-8-19)21-11-13-22(14-12-21)25(27)28-24-17-15-23(26-2)16-18-24/h19-24H,2-18H2,1H3. The van der Waals surface area contributed by atoms with Crippen LogP contribution in [0.3, 0.4) is 0 Å². The SMILES string of the molecule is C=NC1CCC(OC(=O)C2CCC(C3CCC(CCCCC)CC3)CC2)CC1. The summed E-state index contributed by atoms with van der Waals surface area (Å²) in [6.07, 6.45) is 20.2. The maximum atomic E-state index is 12.6. The predicted molar refractivity (Wildman–Crippen MR) is 117 cm³/mol. The highest BCUT2D eigenvalue weighted by molar-refractivity contribution is 5.72. The number of hydrogen-bond donors (Lipinski definition) is 0. The van der Waals surface area contributed by atoms with Crippen molar-refractivity contribution in [1.82, 2.24) is 0 Å². The van der Waals surface area contributed by atoms with E-state index in [0.717, 1.165) is 56.3 Å². The molecule has 0 heterocycles. The van der Waals surface area contributed by atoms with E-state index in [2.05, 4.69) is 18.6 Å². The molecule has 0 aromatic carbocycles. The van der Waals surface area contributed by atoms with Gasteiger partial charge in [0.15, 0.2) is 0 Å². The molecule has 3 fully saturated rings. The van der Waals surface area contributed by atoms with Crippen molar-refractivity contribution < 1.29 is 9.53 Å². The molecule has 3 heteroatoms. The van der Waals surface area contributed by atoms with E-state index in [4.69, 9.17) is 4.74 Å². The Morgan fingerprint density at radius 3 is 2.04 bits per heavy atom. The average Bonchev–Trinajstić information content (AvgIpc) is 2.75. The lowest BCUT2D eigenvalue weighted by Gasteiger charge is -2.37. The Balaban J connectivity index is 1.32. The molecule has 0 aromatic heterocycles. The van der Waals surface area contributed by atoms with Gasteiger partial charge >= 0.3 is 5.97 Å². The highest BCUT2D eigenvalue weighted by Gasteiger charge is 2.34. The van der Waals surface area contributed by atoms with Gasteiger partial charge in [-0.3, -0.25) is 9.79 Å². The summed E-state index contributed by atoms with van der Waals surface area (Å²) in [4.78, 5) is 16.7. The van der Waals surface area contributed by atoms with Crippen LogP contribution in [0.25, 0.3) is 0 Å². The Hall–Kier alpha value is -0.860. The third-order valence-electron chi connectivity index (χ3n) is 8.06. The van der Waals surface area contributed by atoms with E-state index in [9.17, 15) is 4.79 Å². The molecule has 0 bridgehead atoms. The molecule has 0 atom stereocenters. The second-order valence-electron chi connectivity index (χ2n) is 9.94. The minimum atomic E-state index is 0.0908. The van der Waals surface area contributed by atoms with Crippen molar-refractivity contribution in [3.63, 3.8) is 0 Å². The molecule has 0 radical (unpaired) electrons. The van der Waals surface area contributed by atoms with E-state index >= 15 is 0 Å². The van der Waals surface area contributed by atoms with Crippen molar-refractivity contribution in [1.29, 1.82) is 0 Å². The molecule has 160 valence electrons. The van der Waals surface area contributed by atoms with E-state index in [1.165, 1.54) is 64.2 Å². The molecule has 3 aliphatic rings. The monoisotopic (exact) mass is 389 g/mol. The van der Waals surface area contributed by atoms with E-state index < -0.39 is 0 Å². The first kappa shape index (κ1) is 21.8. The summed E-state index contributed by atoms with van der Waals surface area (Å²) >= 11 is 0. The van der Waals surface area contributed by atoms with Crippen LogP contribution in [0.15, 0.2) is 4.99 Å². The lowest BCUT2D eigenvalue weighted by molar-refractivity contribution is -0.157. The number of unbranched alkanes of at least 4 members (excludes halogenated alkanes) is 2. The molecule has 0 aliphatic heterocycles. The molecule has 0 N–H and O–H groups in total. The number of carbonyl (C=O) groups excluding carboxylic acids is 1. The van der Waals surface area contributed by atoms with Gasteiger partial charge in [0.05, 0.1) is 5.92 Å². The number of ether oxygens (including phenoxy) is 1. The van der Waals surface area contributed by atoms with Crippen molar-refractivity contribution in [2.45, 2.75) is 122 Å². The fourth-order valence-electron chi connectivity index (χ4n) is 6.06. The highest BCUT2D eigenvalue weighted by atomic mass is 16.5. The van der Waals surface area contributed by atoms with Gasteiger partial charge in [-0.25, -0.2) is 0 Å². The third-order valence-corrected chi connectivity index (χ3v) is 8.06. The molecular weight excluding hydrogens is 346 g/mol. The van der Waals surface area contributed by atoms with Gasteiger partial charge in [-0.1, -0.05) is 45.4 Å². The fraction of sp³-hybridized carbons (Fsp3) is 0.920. The van der Waals surface area contributed by atoms with Crippen LogP contribution in [0.4, 0.5) is 0 Å². The zero-order chi connectivity index (χ0) is 19.8.